The van der Waals surface area contributed by atoms with Gasteiger partial charge < -0.3 is 19.5 Å². The van der Waals surface area contributed by atoms with E-state index in [0.717, 1.165) is 22.2 Å². The normalized spacial score (nSPS) is 14.1. The minimum absolute atomic E-state index is 0.0912. The van der Waals surface area contributed by atoms with E-state index in [-0.39, 0.29) is 35.8 Å². The fourth-order valence-corrected chi connectivity index (χ4v) is 4.64. The van der Waals surface area contributed by atoms with Crippen molar-refractivity contribution in [3.05, 3.63) is 87.8 Å². The molecule has 0 radical (unpaired) electrons. The number of nitrogens with zero attached hydrogens (tertiary/aromatic N) is 1. The summed E-state index contributed by atoms with van der Waals surface area (Å²) in [6, 6.07) is 19.5. The standard InChI is InChI=1S/C28H25ClN2O6S/c1-18-7-3-5-9-21(18)30-26(32)17-37-23-12-11-19(15-24(23)35-2)16-25-27(33)31(28(34)38-25)13-14-36-22-10-6-4-8-20(22)29/h3-12,15-16H,13-14,17H2,1-2H3,(H,30,32)/b25-16-. The van der Waals surface area contributed by atoms with Crippen LogP contribution in [0, 0.1) is 6.92 Å². The molecule has 0 atom stereocenters. The summed E-state index contributed by atoms with van der Waals surface area (Å²) in [5.41, 5.74) is 2.30. The number of carbonyl (C=O) groups is 3. The van der Waals surface area contributed by atoms with Gasteiger partial charge >= 0.3 is 0 Å². The monoisotopic (exact) mass is 552 g/mol. The third-order valence-corrected chi connectivity index (χ3v) is 6.77. The second-order valence-electron chi connectivity index (χ2n) is 8.17. The molecule has 1 aliphatic rings. The molecular weight excluding hydrogens is 528 g/mol. The van der Waals surface area contributed by atoms with Gasteiger partial charge in [0.05, 0.1) is 23.6 Å². The number of hydrogen-bond acceptors (Lipinski definition) is 7. The van der Waals surface area contributed by atoms with Gasteiger partial charge in [-0.25, -0.2) is 0 Å². The average molecular weight is 553 g/mol. The molecule has 0 spiro atoms. The quantitative estimate of drug-likeness (QED) is 0.318. The van der Waals surface area contributed by atoms with Crippen LogP contribution in [0.25, 0.3) is 6.08 Å². The van der Waals surface area contributed by atoms with Gasteiger partial charge in [-0.15, -0.1) is 0 Å². The molecule has 3 aromatic carbocycles. The van der Waals surface area contributed by atoms with Crippen LogP contribution >= 0.6 is 23.4 Å². The van der Waals surface area contributed by atoms with E-state index in [1.165, 1.54) is 7.11 Å². The van der Waals surface area contributed by atoms with Crippen LogP contribution in [0.3, 0.4) is 0 Å². The maximum atomic E-state index is 12.8. The highest BCUT2D eigenvalue weighted by atomic mass is 35.5. The van der Waals surface area contributed by atoms with Crippen LogP contribution in [0.4, 0.5) is 10.5 Å². The lowest BCUT2D eigenvalue weighted by atomic mass is 10.2. The predicted octanol–water partition coefficient (Wildman–Crippen LogP) is 5.79. The number of carbonyl (C=O) groups excluding carboxylic acids is 3. The van der Waals surface area contributed by atoms with E-state index >= 15 is 0 Å². The lowest BCUT2D eigenvalue weighted by molar-refractivity contribution is -0.123. The first kappa shape index (κ1) is 27.1. The molecule has 3 amide bonds. The summed E-state index contributed by atoms with van der Waals surface area (Å²) in [6.45, 7) is 1.90. The molecule has 0 aromatic heterocycles. The number of benzene rings is 3. The van der Waals surface area contributed by atoms with Crippen LogP contribution in [0.5, 0.6) is 17.2 Å². The van der Waals surface area contributed by atoms with Crippen LogP contribution < -0.4 is 19.5 Å². The Morgan fingerprint density at radius 2 is 1.76 bits per heavy atom. The first-order chi connectivity index (χ1) is 18.4. The summed E-state index contributed by atoms with van der Waals surface area (Å²) in [7, 11) is 1.48. The van der Waals surface area contributed by atoms with Gasteiger partial charge in [0.1, 0.15) is 12.4 Å². The fraction of sp³-hybridized carbons (Fsp3) is 0.179. The van der Waals surface area contributed by atoms with Crippen molar-refractivity contribution < 1.29 is 28.6 Å². The SMILES string of the molecule is COc1cc(/C=C2\SC(=O)N(CCOc3ccccc3Cl)C2=O)ccc1OCC(=O)Nc1ccccc1C. The first-order valence-corrected chi connectivity index (χ1v) is 12.8. The number of para-hydroxylation sites is 2. The highest BCUT2D eigenvalue weighted by Crippen LogP contribution is 2.34. The molecule has 0 bridgehead atoms. The van der Waals surface area contributed by atoms with Crippen LogP contribution in [0.1, 0.15) is 11.1 Å². The fourth-order valence-electron chi connectivity index (χ4n) is 3.59. The van der Waals surface area contributed by atoms with Gasteiger partial charge in [-0.1, -0.05) is 48.0 Å². The van der Waals surface area contributed by atoms with Crippen molar-refractivity contribution in [3.8, 4) is 17.2 Å². The molecule has 10 heteroatoms. The summed E-state index contributed by atoms with van der Waals surface area (Å²) in [6.07, 6.45) is 1.61. The molecule has 1 fully saturated rings. The van der Waals surface area contributed by atoms with E-state index in [2.05, 4.69) is 5.32 Å². The van der Waals surface area contributed by atoms with Gasteiger partial charge in [-0.3, -0.25) is 19.3 Å². The maximum Gasteiger partial charge on any atom is 0.293 e. The number of imide groups is 1. The van der Waals surface area contributed by atoms with E-state index in [0.29, 0.717) is 33.5 Å². The molecule has 1 saturated heterocycles. The smallest absolute Gasteiger partial charge is 0.293 e. The van der Waals surface area contributed by atoms with E-state index in [1.807, 2.05) is 31.2 Å². The largest absolute Gasteiger partial charge is 0.493 e. The minimum atomic E-state index is -0.407. The summed E-state index contributed by atoms with van der Waals surface area (Å²) in [5, 5.41) is 2.89. The van der Waals surface area contributed by atoms with Crippen molar-refractivity contribution in [1.82, 2.24) is 4.90 Å². The first-order valence-electron chi connectivity index (χ1n) is 11.6. The predicted molar refractivity (Wildman–Crippen MR) is 148 cm³/mol. The molecule has 1 heterocycles. The Balaban J connectivity index is 1.36. The lowest BCUT2D eigenvalue weighted by Crippen LogP contribution is -2.32. The number of thioether (sulfide) groups is 1. The topological polar surface area (TPSA) is 94.2 Å². The average Bonchev–Trinajstić information content (AvgIpc) is 3.17. The van der Waals surface area contributed by atoms with E-state index < -0.39 is 5.91 Å². The number of rotatable bonds is 10. The number of halogens is 1. The van der Waals surface area contributed by atoms with Crippen molar-refractivity contribution in [2.45, 2.75) is 6.92 Å². The number of anilines is 1. The minimum Gasteiger partial charge on any atom is -0.493 e. The molecule has 38 heavy (non-hydrogen) atoms. The zero-order valence-electron chi connectivity index (χ0n) is 20.7. The van der Waals surface area contributed by atoms with Crippen molar-refractivity contribution in [2.24, 2.45) is 0 Å². The molecule has 3 aromatic rings. The molecule has 4 rings (SSSR count). The summed E-state index contributed by atoms with van der Waals surface area (Å²) < 4.78 is 16.7. The number of hydrogen-bond donors (Lipinski definition) is 1. The van der Waals surface area contributed by atoms with E-state index in [9.17, 15) is 14.4 Å². The Morgan fingerprint density at radius 3 is 2.53 bits per heavy atom. The van der Waals surface area contributed by atoms with Crippen LogP contribution in [0.15, 0.2) is 71.6 Å². The lowest BCUT2D eigenvalue weighted by Gasteiger charge is -2.14. The maximum absolute atomic E-state index is 12.8. The third kappa shape index (κ3) is 6.67. The zero-order chi connectivity index (χ0) is 27.1. The number of amides is 3. The van der Waals surface area contributed by atoms with Gasteiger partial charge in [0.2, 0.25) is 0 Å². The number of aryl methyl sites for hydroxylation is 1. The Bertz CT molecular complexity index is 1390. The van der Waals surface area contributed by atoms with Gasteiger partial charge in [0, 0.05) is 5.69 Å². The van der Waals surface area contributed by atoms with Crippen molar-refractivity contribution in [1.29, 1.82) is 0 Å². The van der Waals surface area contributed by atoms with Crippen molar-refractivity contribution in [3.63, 3.8) is 0 Å². The van der Waals surface area contributed by atoms with Gasteiger partial charge in [-0.2, -0.15) is 0 Å². The molecule has 196 valence electrons. The molecule has 0 saturated carbocycles. The van der Waals surface area contributed by atoms with E-state index in [1.54, 1.807) is 48.5 Å². The third-order valence-electron chi connectivity index (χ3n) is 5.55. The summed E-state index contributed by atoms with van der Waals surface area (Å²) in [5.74, 6) is 0.524. The van der Waals surface area contributed by atoms with Gasteiger partial charge in [0.25, 0.3) is 17.1 Å². The number of nitrogens with one attached hydrogen (secondary N) is 1. The Kier molecular flexibility index (Phi) is 8.93. The van der Waals surface area contributed by atoms with Crippen LogP contribution in [-0.2, 0) is 9.59 Å². The molecule has 8 nitrogen and oxygen atoms in total. The molecule has 0 unspecified atom stereocenters. The van der Waals surface area contributed by atoms with E-state index in [4.69, 9.17) is 25.8 Å². The molecule has 0 aliphatic carbocycles. The second kappa shape index (κ2) is 12.5. The van der Waals surface area contributed by atoms with Crippen molar-refractivity contribution in [2.75, 3.05) is 32.2 Å². The second-order valence-corrected chi connectivity index (χ2v) is 9.57. The molecule has 1 aliphatic heterocycles. The van der Waals surface area contributed by atoms with Gasteiger partial charge in [0.15, 0.2) is 18.1 Å². The van der Waals surface area contributed by atoms with Gasteiger partial charge in [-0.05, 0) is 66.2 Å². The highest BCUT2D eigenvalue weighted by molar-refractivity contribution is 8.18. The highest BCUT2D eigenvalue weighted by Gasteiger charge is 2.34. The molecule has 1 N–H and O–H groups in total. The zero-order valence-corrected chi connectivity index (χ0v) is 22.3. The Hall–Kier alpha value is -3.95. The van der Waals surface area contributed by atoms with Crippen LogP contribution in [-0.4, -0.2) is 48.8 Å². The molecular formula is C28H25ClN2O6S. The number of methoxy groups -OCH3 is 1. The summed E-state index contributed by atoms with van der Waals surface area (Å²) >= 11 is 6.93. The number of ether oxygens (including phenoxy) is 3. The van der Waals surface area contributed by atoms with Crippen LogP contribution in [0.2, 0.25) is 5.02 Å². The Labute approximate surface area is 229 Å². The summed E-state index contributed by atoms with van der Waals surface area (Å²) in [4.78, 5) is 39.0. The van der Waals surface area contributed by atoms with Crippen molar-refractivity contribution >= 4 is 52.2 Å². The Morgan fingerprint density at radius 1 is 1.00 bits per heavy atom.